The van der Waals surface area contributed by atoms with Crippen LogP contribution in [-0.2, 0) is 11.3 Å². The molecule has 9 heteroatoms. The van der Waals surface area contributed by atoms with Gasteiger partial charge in [-0.3, -0.25) is 9.78 Å². The first-order chi connectivity index (χ1) is 13.0. The Kier molecular flexibility index (Phi) is 5.80. The Balaban J connectivity index is 1.77. The Morgan fingerprint density at radius 1 is 1.19 bits per heavy atom. The molecule has 3 aromatic rings. The summed E-state index contributed by atoms with van der Waals surface area (Å²) in [7, 11) is 0. The minimum absolute atomic E-state index is 0.454. The van der Waals surface area contributed by atoms with Gasteiger partial charge >= 0.3 is 0 Å². The van der Waals surface area contributed by atoms with Crippen LogP contribution < -0.4 is 5.32 Å². The first-order valence-electron chi connectivity index (χ1n) is 8.26. The quantitative estimate of drug-likeness (QED) is 0.650. The van der Waals surface area contributed by atoms with Crippen molar-refractivity contribution in [3.8, 4) is 11.4 Å². The van der Waals surface area contributed by atoms with Gasteiger partial charge in [-0.15, -0.1) is 10.2 Å². The van der Waals surface area contributed by atoms with Crippen molar-refractivity contribution >= 4 is 23.4 Å². The van der Waals surface area contributed by atoms with Gasteiger partial charge in [-0.25, -0.2) is 8.78 Å². The van der Waals surface area contributed by atoms with E-state index < -0.39 is 28.5 Å². The number of carbonyl (C=O) groups is 1. The lowest BCUT2D eigenvalue weighted by molar-refractivity contribution is -0.115. The van der Waals surface area contributed by atoms with Crippen molar-refractivity contribution in [1.82, 2.24) is 19.7 Å². The van der Waals surface area contributed by atoms with Crippen molar-refractivity contribution in [2.75, 3.05) is 5.32 Å². The van der Waals surface area contributed by atoms with Crippen LogP contribution in [0.5, 0.6) is 0 Å². The lowest BCUT2D eigenvalue weighted by Crippen LogP contribution is -2.24. The van der Waals surface area contributed by atoms with Crippen molar-refractivity contribution in [2.45, 2.75) is 30.8 Å². The highest BCUT2D eigenvalue weighted by atomic mass is 32.2. The topological polar surface area (TPSA) is 72.7 Å². The monoisotopic (exact) mass is 389 g/mol. The zero-order chi connectivity index (χ0) is 19.4. The second-order valence-electron chi connectivity index (χ2n) is 5.63. The van der Waals surface area contributed by atoms with Gasteiger partial charge in [-0.1, -0.05) is 17.8 Å². The molecule has 0 aliphatic heterocycles. The largest absolute Gasteiger partial charge is 0.320 e. The minimum Gasteiger partial charge on any atom is -0.320 e. The number of nitrogens with zero attached hydrogens (tertiary/aromatic N) is 4. The molecule has 27 heavy (non-hydrogen) atoms. The lowest BCUT2D eigenvalue weighted by Gasteiger charge is -2.13. The van der Waals surface area contributed by atoms with Crippen LogP contribution in [-0.4, -0.2) is 30.9 Å². The average molecular weight is 389 g/mol. The van der Waals surface area contributed by atoms with Crippen LogP contribution in [0.25, 0.3) is 11.4 Å². The molecule has 6 nitrogen and oxygen atoms in total. The molecule has 3 rings (SSSR count). The molecule has 0 saturated heterocycles. The third-order valence-corrected chi connectivity index (χ3v) is 4.91. The van der Waals surface area contributed by atoms with Crippen molar-refractivity contribution < 1.29 is 13.6 Å². The first kappa shape index (κ1) is 19.0. The fourth-order valence-electron chi connectivity index (χ4n) is 2.43. The van der Waals surface area contributed by atoms with E-state index in [1.807, 2.05) is 23.6 Å². The Hall–Kier alpha value is -2.81. The van der Waals surface area contributed by atoms with Crippen molar-refractivity contribution in [3.63, 3.8) is 0 Å². The number of para-hydroxylation sites is 1. The highest BCUT2D eigenvalue weighted by Gasteiger charge is 2.22. The normalized spacial score (nSPS) is 12.0. The number of rotatable bonds is 6. The van der Waals surface area contributed by atoms with E-state index in [9.17, 15) is 13.6 Å². The van der Waals surface area contributed by atoms with E-state index in [-0.39, 0.29) is 0 Å². The first-order valence-corrected chi connectivity index (χ1v) is 9.14. The van der Waals surface area contributed by atoms with E-state index >= 15 is 0 Å². The van der Waals surface area contributed by atoms with Crippen molar-refractivity contribution in [1.29, 1.82) is 0 Å². The Morgan fingerprint density at radius 2 is 1.85 bits per heavy atom. The van der Waals surface area contributed by atoms with Crippen LogP contribution in [0.4, 0.5) is 14.5 Å². The second kappa shape index (κ2) is 8.26. The highest BCUT2D eigenvalue weighted by molar-refractivity contribution is 8.00. The standard InChI is InChI=1S/C18H17F2N5OS/c1-3-25-16(12-7-9-21-10-8-12)23-24-18(25)27-11(2)17(26)22-15-13(19)5-4-6-14(15)20/h4-11H,3H2,1-2H3,(H,22,26)/t11-/m0/s1. The summed E-state index contributed by atoms with van der Waals surface area (Å²) in [5.74, 6) is -1.51. The van der Waals surface area contributed by atoms with Crippen molar-refractivity contribution in [2.24, 2.45) is 0 Å². The number of hydrogen-bond donors (Lipinski definition) is 1. The maximum atomic E-state index is 13.7. The minimum atomic E-state index is -0.822. The number of pyridine rings is 1. The molecule has 2 aromatic heterocycles. The van der Waals surface area contributed by atoms with Crippen LogP contribution >= 0.6 is 11.8 Å². The molecule has 0 unspecified atom stereocenters. The molecular weight excluding hydrogens is 372 g/mol. The number of nitrogens with one attached hydrogen (secondary N) is 1. The third kappa shape index (κ3) is 4.13. The molecular formula is C18H17F2N5OS. The summed E-state index contributed by atoms with van der Waals surface area (Å²) >= 11 is 1.17. The Labute approximate surface area is 159 Å². The highest BCUT2D eigenvalue weighted by Crippen LogP contribution is 2.27. The van der Waals surface area contributed by atoms with Crippen LogP contribution in [0.1, 0.15) is 13.8 Å². The van der Waals surface area contributed by atoms with E-state index in [4.69, 9.17) is 0 Å². The number of carbonyl (C=O) groups excluding carboxylic acids is 1. The van der Waals surface area contributed by atoms with Gasteiger partial charge in [0.1, 0.15) is 17.3 Å². The Morgan fingerprint density at radius 3 is 2.48 bits per heavy atom. The number of aromatic nitrogens is 4. The molecule has 1 aromatic carbocycles. The van der Waals surface area contributed by atoms with E-state index in [0.717, 1.165) is 17.7 Å². The van der Waals surface area contributed by atoms with Gasteiger partial charge < -0.3 is 9.88 Å². The van der Waals surface area contributed by atoms with E-state index in [1.54, 1.807) is 19.3 Å². The summed E-state index contributed by atoms with van der Waals surface area (Å²) < 4.78 is 29.3. The van der Waals surface area contributed by atoms with Crippen molar-refractivity contribution in [3.05, 3.63) is 54.4 Å². The van der Waals surface area contributed by atoms with Gasteiger partial charge in [-0.2, -0.15) is 0 Å². The molecule has 0 spiro atoms. The van der Waals surface area contributed by atoms with E-state index in [1.165, 1.54) is 17.8 Å². The van der Waals surface area contributed by atoms with Gasteiger partial charge in [0, 0.05) is 24.5 Å². The fraction of sp³-hybridized carbons (Fsp3) is 0.222. The summed E-state index contributed by atoms with van der Waals surface area (Å²) in [4.78, 5) is 16.3. The predicted molar refractivity (Wildman–Crippen MR) is 99.2 cm³/mol. The molecule has 140 valence electrons. The van der Waals surface area contributed by atoms with Gasteiger partial charge in [0.2, 0.25) is 5.91 Å². The molecule has 0 fully saturated rings. The summed E-state index contributed by atoms with van der Waals surface area (Å²) in [6.07, 6.45) is 3.33. The average Bonchev–Trinajstić information content (AvgIpc) is 3.07. The van der Waals surface area contributed by atoms with Gasteiger partial charge in [0.15, 0.2) is 11.0 Å². The lowest BCUT2D eigenvalue weighted by atomic mass is 10.2. The number of halogens is 2. The van der Waals surface area contributed by atoms with E-state index in [2.05, 4.69) is 20.5 Å². The smallest absolute Gasteiger partial charge is 0.237 e. The summed E-state index contributed by atoms with van der Waals surface area (Å²) in [5.41, 5.74) is 0.404. The molecule has 1 N–H and O–H groups in total. The maximum Gasteiger partial charge on any atom is 0.237 e. The molecule has 0 aliphatic rings. The van der Waals surface area contributed by atoms with Crippen LogP contribution in [0.3, 0.4) is 0 Å². The van der Waals surface area contributed by atoms with Gasteiger partial charge in [-0.05, 0) is 38.1 Å². The summed E-state index contributed by atoms with van der Waals surface area (Å²) in [6.45, 7) is 4.18. The molecule has 1 atom stereocenters. The Bertz CT molecular complexity index is 928. The predicted octanol–water partition coefficient (Wildman–Crippen LogP) is 3.76. The van der Waals surface area contributed by atoms with Gasteiger partial charge in [0.05, 0.1) is 5.25 Å². The zero-order valence-electron chi connectivity index (χ0n) is 14.7. The number of hydrogen-bond acceptors (Lipinski definition) is 5. The molecule has 0 saturated carbocycles. The number of benzene rings is 1. The van der Waals surface area contributed by atoms with Crippen LogP contribution in [0.2, 0.25) is 0 Å². The SMILES string of the molecule is CCn1c(S[C@@H](C)C(=O)Nc2c(F)cccc2F)nnc1-c1ccncc1. The molecule has 1 amide bonds. The van der Waals surface area contributed by atoms with Gasteiger partial charge in [0.25, 0.3) is 0 Å². The zero-order valence-corrected chi connectivity index (χ0v) is 15.5. The fourth-order valence-corrected chi connectivity index (χ4v) is 3.34. The maximum absolute atomic E-state index is 13.7. The number of thioether (sulfide) groups is 1. The number of anilines is 1. The third-order valence-electron chi connectivity index (χ3n) is 3.83. The molecule has 0 radical (unpaired) electrons. The molecule has 0 aliphatic carbocycles. The van der Waals surface area contributed by atoms with Crippen LogP contribution in [0.15, 0.2) is 47.9 Å². The van der Waals surface area contributed by atoms with E-state index in [0.29, 0.717) is 17.5 Å². The number of amides is 1. The summed E-state index contributed by atoms with van der Waals surface area (Å²) in [6, 6.07) is 7.06. The second-order valence-corrected chi connectivity index (χ2v) is 6.94. The molecule has 2 heterocycles. The summed E-state index contributed by atoms with van der Waals surface area (Å²) in [5, 5.41) is 10.6. The van der Waals surface area contributed by atoms with Crippen LogP contribution in [0, 0.1) is 11.6 Å². The molecule has 0 bridgehead atoms.